The fraction of sp³-hybridized carbons (Fsp3) is 0.360. The predicted molar refractivity (Wildman–Crippen MR) is 135 cm³/mol. The van der Waals surface area contributed by atoms with Gasteiger partial charge in [-0.2, -0.15) is 0 Å². The van der Waals surface area contributed by atoms with Crippen LogP contribution in [0.15, 0.2) is 47.6 Å². The molecule has 1 atom stereocenters. The zero-order chi connectivity index (χ0) is 25.5. The Kier molecular flexibility index (Phi) is 8.86. The molecule has 1 heterocycles. The van der Waals surface area contributed by atoms with E-state index in [4.69, 9.17) is 4.74 Å². The molecule has 2 aromatic carbocycles. The molecule has 0 fully saturated rings. The minimum absolute atomic E-state index is 0.149. The number of aromatic nitrogens is 3. The quantitative estimate of drug-likeness (QED) is 0.372. The smallest absolute Gasteiger partial charge is 0.234 e. The molecule has 0 aliphatic heterocycles. The number of halogens is 1. The number of benzene rings is 2. The number of amides is 2. The van der Waals surface area contributed by atoms with Crippen LogP contribution < -0.4 is 15.4 Å². The monoisotopic (exact) mass is 499 g/mol. The zero-order valence-corrected chi connectivity index (χ0v) is 21.3. The van der Waals surface area contributed by atoms with Crippen molar-refractivity contribution in [3.63, 3.8) is 0 Å². The first kappa shape index (κ1) is 26.2. The Balaban J connectivity index is 1.66. The van der Waals surface area contributed by atoms with Crippen molar-refractivity contribution in [2.45, 2.75) is 52.4 Å². The highest BCUT2D eigenvalue weighted by Gasteiger charge is 2.21. The molecule has 10 heteroatoms. The SMILES string of the molecule is CC(=O)Nc1ccc(NC(=O)CSc2nnc(C(C)Oc3ccc(F)cc3)n2CC(C)C)cc1C. The molecular weight excluding hydrogens is 469 g/mol. The van der Waals surface area contributed by atoms with Crippen molar-refractivity contribution >= 4 is 35.0 Å². The molecule has 1 aromatic heterocycles. The van der Waals surface area contributed by atoms with Gasteiger partial charge in [0.25, 0.3) is 0 Å². The molecule has 3 rings (SSSR count). The van der Waals surface area contributed by atoms with E-state index in [1.807, 2.05) is 24.5 Å². The van der Waals surface area contributed by atoms with Crippen LogP contribution in [0, 0.1) is 18.7 Å². The van der Waals surface area contributed by atoms with Crippen LogP contribution in [0.1, 0.15) is 45.2 Å². The van der Waals surface area contributed by atoms with Crippen LogP contribution in [0.3, 0.4) is 0 Å². The van der Waals surface area contributed by atoms with E-state index in [2.05, 4.69) is 34.7 Å². The highest BCUT2D eigenvalue weighted by atomic mass is 32.2. The molecule has 2 N–H and O–H groups in total. The number of nitrogens with zero attached hydrogens (tertiary/aromatic N) is 3. The van der Waals surface area contributed by atoms with Gasteiger partial charge in [-0.05, 0) is 67.8 Å². The van der Waals surface area contributed by atoms with E-state index in [9.17, 15) is 14.0 Å². The number of rotatable bonds is 10. The van der Waals surface area contributed by atoms with E-state index in [0.717, 1.165) is 5.56 Å². The predicted octanol–water partition coefficient (Wildman–Crippen LogP) is 5.21. The van der Waals surface area contributed by atoms with E-state index in [1.165, 1.54) is 30.8 Å². The summed E-state index contributed by atoms with van der Waals surface area (Å²) < 4.78 is 21.1. The van der Waals surface area contributed by atoms with E-state index >= 15 is 0 Å². The number of hydrogen-bond donors (Lipinski definition) is 2. The van der Waals surface area contributed by atoms with Gasteiger partial charge < -0.3 is 19.9 Å². The number of anilines is 2. The first-order valence-electron chi connectivity index (χ1n) is 11.3. The number of nitrogens with one attached hydrogen (secondary N) is 2. The van der Waals surface area contributed by atoms with E-state index in [1.54, 1.807) is 24.3 Å². The second kappa shape index (κ2) is 11.8. The minimum atomic E-state index is -0.417. The van der Waals surface area contributed by atoms with Gasteiger partial charge in [-0.3, -0.25) is 9.59 Å². The Morgan fingerprint density at radius 2 is 1.80 bits per heavy atom. The third-order valence-electron chi connectivity index (χ3n) is 4.94. The van der Waals surface area contributed by atoms with Crippen molar-refractivity contribution in [3.05, 3.63) is 59.7 Å². The Labute approximate surface area is 208 Å². The molecule has 0 saturated heterocycles. The Morgan fingerprint density at radius 3 is 2.43 bits per heavy atom. The summed E-state index contributed by atoms with van der Waals surface area (Å²) in [5.74, 6) is 0.975. The lowest BCUT2D eigenvalue weighted by molar-refractivity contribution is -0.114. The fourth-order valence-electron chi connectivity index (χ4n) is 3.41. The molecule has 35 heavy (non-hydrogen) atoms. The Morgan fingerprint density at radius 1 is 1.09 bits per heavy atom. The summed E-state index contributed by atoms with van der Waals surface area (Å²) in [5, 5.41) is 14.9. The standard InChI is InChI=1S/C25H30FN5O3S/c1-15(2)13-31-24(17(4)34-21-9-6-19(26)7-10-21)29-30-25(31)35-14-23(33)28-20-8-11-22(16(3)12-20)27-18(5)32/h6-12,15,17H,13-14H2,1-5H3,(H,27,32)(H,28,33). The largest absolute Gasteiger partial charge is 0.483 e. The number of carbonyl (C=O) groups is 2. The Bertz CT molecular complexity index is 1180. The maximum absolute atomic E-state index is 13.2. The molecule has 8 nitrogen and oxygen atoms in total. The van der Waals surface area contributed by atoms with Gasteiger partial charge in [0.1, 0.15) is 11.6 Å². The van der Waals surface area contributed by atoms with Gasteiger partial charge in [0.05, 0.1) is 5.75 Å². The van der Waals surface area contributed by atoms with Gasteiger partial charge in [0, 0.05) is 24.8 Å². The number of ether oxygens (including phenoxy) is 1. The molecule has 0 aliphatic carbocycles. The maximum Gasteiger partial charge on any atom is 0.234 e. The van der Waals surface area contributed by atoms with Gasteiger partial charge in [-0.1, -0.05) is 25.6 Å². The first-order chi connectivity index (χ1) is 16.6. The topological polar surface area (TPSA) is 98.1 Å². The molecule has 1 unspecified atom stereocenters. The van der Waals surface area contributed by atoms with Crippen molar-refractivity contribution in [2.75, 3.05) is 16.4 Å². The fourth-order valence-corrected chi connectivity index (χ4v) is 4.17. The number of carbonyl (C=O) groups excluding carboxylic acids is 2. The third-order valence-corrected chi connectivity index (χ3v) is 5.90. The molecule has 186 valence electrons. The van der Waals surface area contributed by atoms with E-state index < -0.39 is 6.10 Å². The molecule has 0 saturated carbocycles. The Hall–Kier alpha value is -3.40. The van der Waals surface area contributed by atoms with Crippen LogP contribution in [-0.4, -0.2) is 32.3 Å². The summed E-state index contributed by atoms with van der Waals surface area (Å²) in [6.07, 6.45) is -0.417. The summed E-state index contributed by atoms with van der Waals surface area (Å²) in [6, 6.07) is 11.1. The highest BCUT2D eigenvalue weighted by molar-refractivity contribution is 7.99. The van der Waals surface area contributed by atoms with Crippen molar-refractivity contribution in [1.82, 2.24) is 14.8 Å². The summed E-state index contributed by atoms with van der Waals surface area (Å²) in [5.41, 5.74) is 2.20. The van der Waals surface area contributed by atoms with Gasteiger partial charge in [0.2, 0.25) is 11.8 Å². The van der Waals surface area contributed by atoms with Crippen LogP contribution >= 0.6 is 11.8 Å². The second-order valence-electron chi connectivity index (χ2n) is 8.61. The van der Waals surface area contributed by atoms with Crippen LogP contribution in [0.2, 0.25) is 0 Å². The summed E-state index contributed by atoms with van der Waals surface area (Å²) in [7, 11) is 0. The molecule has 2 amide bonds. The van der Waals surface area contributed by atoms with E-state index in [-0.39, 0.29) is 23.4 Å². The summed E-state index contributed by atoms with van der Waals surface area (Å²) in [6.45, 7) is 10.0. The van der Waals surface area contributed by atoms with Crippen molar-refractivity contribution in [2.24, 2.45) is 5.92 Å². The molecule has 0 radical (unpaired) electrons. The van der Waals surface area contributed by atoms with Gasteiger partial charge in [0.15, 0.2) is 17.1 Å². The molecule has 0 aliphatic rings. The van der Waals surface area contributed by atoms with Crippen LogP contribution in [0.4, 0.5) is 15.8 Å². The number of aryl methyl sites for hydroxylation is 1. The average molecular weight is 500 g/mol. The van der Waals surface area contributed by atoms with Gasteiger partial charge in [-0.25, -0.2) is 4.39 Å². The zero-order valence-electron chi connectivity index (χ0n) is 20.5. The van der Waals surface area contributed by atoms with E-state index in [0.29, 0.717) is 40.6 Å². The summed E-state index contributed by atoms with van der Waals surface area (Å²) >= 11 is 1.29. The second-order valence-corrected chi connectivity index (χ2v) is 9.55. The van der Waals surface area contributed by atoms with Crippen LogP contribution in [-0.2, 0) is 16.1 Å². The summed E-state index contributed by atoms with van der Waals surface area (Å²) in [4.78, 5) is 23.9. The normalized spacial score (nSPS) is 11.9. The molecule has 3 aromatic rings. The lowest BCUT2D eigenvalue weighted by Crippen LogP contribution is -2.17. The number of thioether (sulfide) groups is 1. The van der Waals surface area contributed by atoms with Gasteiger partial charge in [-0.15, -0.1) is 10.2 Å². The number of hydrogen-bond acceptors (Lipinski definition) is 6. The maximum atomic E-state index is 13.2. The van der Waals surface area contributed by atoms with Crippen molar-refractivity contribution in [3.8, 4) is 5.75 Å². The highest BCUT2D eigenvalue weighted by Crippen LogP contribution is 2.26. The van der Waals surface area contributed by atoms with Gasteiger partial charge >= 0.3 is 0 Å². The van der Waals surface area contributed by atoms with Crippen LogP contribution in [0.25, 0.3) is 0 Å². The lowest BCUT2D eigenvalue weighted by Gasteiger charge is -2.18. The molecular formula is C25H30FN5O3S. The first-order valence-corrected chi connectivity index (χ1v) is 12.3. The van der Waals surface area contributed by atoms with Crippen LogP contribution in [0.5, 0.6) is 5.75 Å². The van der Waals surface area contributed by atoms with Crippen molar-refractivity contribution < 1.29 is 18.7 Å². The third kappa shape index (κ3) is 7.54. The average Bonchev–Trinajstić information content (AvgIpc) is 3.17. The lowest BCUT2D eigenvalue weighted by atomic mass is 10.1. The van der Waals surface area contributed by atoms with Crippen molar-refractivity contribution in [1.29, 1.82) is 0 Å². The molecule has 0 spiro atoms. The minimum Gasteiger partial charge on any atom is -0.483 e. The molecule has 0 bridgehead atoms.